The third kappa shape index (κ3) is 5.74. The van der Waals surface area contributed by atoms with E-state index in [1.165, 1.54) is 18.2 Å². The molecule has 0 unspecified atom stereocenters. The van der Waals surface area contributed by atoms with Gasteiger partial charge in [-0.3, -0.25) is 0 Å². The number of rotatable bonds is 5. The minimum Gasteiger partial charge on any atom is -0.380 e. The van der Waals surface area contributed by atoms with Crippen molar-refractivity contribution in [3.05, 3.63) is 29.0 Å². The minimum atomic E-state index is -4.35. The molecule has 0 atom stereocenters. The Bertz CT molecular complexity index is 370. The second-order valence-electron chi connectivity index (χ2n) is 3.22. The van der Waals surface area contributed by atoms with Crippen LogP contribution in [0.2, 0.25) is 5.02 Å². The minimum absolute atomic E-state index is 0.0628. The van der Waals surface area contributed by atoms with Crippen LogP contribution in [0.5, 0.6) is 0 Å². The molecule has 0 fully saturated rings. The number of anilines is 1. The summed E-state index contributed by atoms with van der Waals surface area (Å²) in [5.74, 6) is -0.523. The molecule has 0 spiro atoms. The van der Waals surface area contributed by atoms with E-state index >= 15 is 0 Å². The molecular formula is C10H10ClF4NO. The highest BCUT2D eigenvalue weighted by Crippen LogP contribution is 2.19. The number of halogens is 5. The van der Waals surface area contributed by atoms with Gasteiger partial charge in [0.25, 0.3) is 0 Å². The maximum absolute atomic E-state index is 13.1. The first-order valence-corrected chi connectivity index (χ1v) is 5.10. The molecule has 1 aromatic carbocycles. The molecule has 1 aromatic rings. The molecule has 0 bridgehead atoms. The van der Waals surface area contributed by atoms with Crippen molar-refractivity contribution in [2.75, 3.05) is 25.1 Å². The van der Waals surface area contributed by atoms with Crippen molar-refractivity contribution < 1.29 is 22.3 Å². The van der Waals surface area contributed by atoms with Crippen LogP contribution in [0.3, 0.4) is 0 Å². The van der Waals surface area contributed by atoms with Gasteiger partial charge in [-0.2, -0.15) is 13.2 Å². The molecular weight excluding hydrogens is 262 g/mol. The Kier molecular flexibility index (Phi) is 5.02. The van der Waals surface area contributed by atoms with Crippen LogP contribution in [-0.4, -0.2) is 25.9 Å². The number of nitrogens with one attached hydrogen (secondary N) is 1. The Morgan fingerprint density at radius 1 is 1.29 bits per heavy atom. The monoisotopic (exact) mass is 271 g/mol. The summed E-state index contributed by atoms with van der Waals surface area (Å²) in [6.45, 7) is -1.43. The van der Waals surface area contributed by atoms with E-state index in [9.17, 15) is 17.6 Å². The lowest BCUT2D eigenvalue weighted by molar-refractivity contribution is -0.172. The number of benzene rings is 1. The molecule has 1 N–H and O–H groups in total. The van der Waals surface area contributed by atoms with Crippen LogP contribution in [0.4, 0.5) is 23.2 Å². The first-order chi connectivity index (χ1) is 7.88. The van der Waals surface area contributed by atoms with Gasteiger partial charge >= 0.3 is 6.18 Å². The number of alkyl halides is 3. The second kappa shape index (κ2) is 6.07. The maximum Gasteiger partial charge on any atom is 0.411 e. The van der Waals surface area contributed by atoms with E-state index in [1.807, 2.05) is 0 Å². The van der Waals surface area contributed by atoms with Crippen molar-refractivity contribution in [2.45, 2.75) is 6.18 Å². The lowest BCUT2D eigenvalue weighted by Crippen LogP contribution is -2.20. The van der Waals surface area contributed by atoms with Gasteiger partial charge < -0.3 is 10.1 Å². The molecule has 2 nitrogen and oxygen atoms in total. The highest BCUT2D eigenvalue weighted by Gasteiger charge is 2.27. The van der Waals surface area contributed by atoms with Crippen LogP contribution >= 0.6 is 11.6 Å². The van der Waals surface area contributed by atoms with E-state index in [0.29, 0.717) is 5.02 Å². The van der Waals surface area contributed by atoms with E-state index in [-0.39, 0.29) is 18.8 Å². The van der Waals surface area contributed by atoms with E-state index in [1.54, 1.807) is 0 Å². The van der Waals surface area contributed by atoms with Crippen LogP contribution in [0.25, 0.3) is 0 Å². The summed E-state index contributed by atoms with van der Waals surface area (Å²) >= 11 is 5.63. The van der Waals surface area contributed by atoms with E-state index in [4.69, 9.17) is 11.6 Å². The summed E-state index contributed by atoms with van der Waals surface area (Å²) in [6, 6.07) is 3.89. The zero-order chi connectivity index (χ0) is 12.9. The smallest absolute Gasteiger partial charge is 0.380 e. The van der Waals surface area contributed by atoms with Gasteiger partial charge in [0.1, 0.15) is 12.4 Å². The molecule has 0 amide bonds. The predicted molar refractivity (Wildman–Crippen MR) is 56.8 cm³/mol. The van der Waals surface area contributed by atoms with Crippen LogP contribution < -0.4 is 5.32 Å². The van der Waals surface area contributed by atoms with Crippen molar-refractivity contribution >= 4 is 17.3 Å². The normalized spacial score (nSPS) is 11.6. The summed E-state index contributed by atoms with van der Waals surface area (Å²) in [5, 5.41) is 2.93. The fourth-order valence-corrected chi connectivity index (χ4v) is 1.25. The van der Waals surface area contributed by atoms with E-state index in [2.05, 4.69) is 10.1 Å². The maximum atomic E-state index is 13.1. The van der Waals surface area contributed by atoms with Gasteiger partial charge in [0, 0.05) is 11.6 Å². The molecule has 0 aromatic heterocycles. The van der Waals surface area contributed by atoms with Gasteiger partial charge in [-0.25, -0.2) is 4.39 Å². The van der Waals surface area contributed by atoms with Gasteiger partial charge in [-0.05, 0) is 18.2 Å². The zero-order valence-electron chi connectivity index (χ0n) is 8.65. The lowest BCUT2D eigenvalue weighted by Gasteiger charge is -2.10. The molecule has 0 aliphatic rings. The van der Waals surface area contributed by atoms with Gasteiger partial charge in [0.05, 0.1) is 12.3 Å². The van der Waals surface area contributed by atoms with Crippen molar-refractivity contribution in [3.8, 4) is 0 Å². The molecule has 0 saturated carbocycles. The van der Waals surface area contributed by atoms with Crippen LogP contribution in [0.1, 0.15) is 0 Å². The Labute approximate surface area is 101 Å². The van der Waals surface area contributed by atoms with Gasteiger partial charge in [0.15, 0.2) is 0 Å². The second-order valence-corrected chi connectivity index (χ2v) is 3.66. The Balaban J connectivity index is 2.29. The molecule has 96 valence electrons. The fraction of sp³-hybridized carbons (Fsp3) is 0.400. The summed E-state index contributed by atoms with van der Waals surface area (Å²) in [6.07, 6.45) is -4.35. The number of hydrogen-bond acceptors (Lipinski definition) is 2. The molecule has 0 heterocycles. The van der Waals surface area contributed by atoms with Crippen LogP contribution in [0.15, 0.2) is 18.2 Å². The summed E-state index contributed by atoms with van der Waals surface area (Å²) in [7, 11) is 0. The molecule has 1 rings (SSSR count). The van der Waals surface area contributed by atoms with Gasteiger partial charge in [0.2, 0.25) is 0 Å². The predicted octanol–water partition coefficient (Wildman–Crippen LogP) is 3.47. The largest absolute Gasteiger partial charge is 0.411 e. The topological polar surface area (TPSA) is 21.3 Å². The number of hydrogen-bond donors (Lipinski definition) is 1. The van der Waals surface area contributed by atoms with Crippen molar-refractivity contribution in [2.24, 2.45) is 0 Å². The number of ether oxygens (including phenoxy) is 1. The van der Waals surface area contributed by atoms with Gasteiger partial charge in [-0.1, -0.05) is 11.6 Å². The van der Waals surface area contributed by atoms with Crippen LogP contribution in [0, 0.1) is 5.82 Å². The SMILES string of the molecule is Fc1ccc(Cl)cc1NCCOCC(F)(F)F. The molecule has 0 saturated heterocycles. The summed E-state index contributed by atoms with van der Waals surface area (Å²) in [5.41, 5.74) is 0.133. The quantitative estimate of drug-likeness (QED) is 0.654. The average molecular weight is 272 g/mol. The Morgan fingerprint density at radius 3 is 2.65 bits per heavy atom. The highest BCUT2D eigenvalue weighted by molar-refractivity contribution is 6.30. The van der Waals surface area contributed by atoms with Gasteiger partial charge in [-0.15, -0.1) is 0 Å². The molecule has 17 heavy (non-hydrogen) atoms. The average Bonchev–Trinajstić information content (AvgIpc) is 2.21. The van der Waals surface area contributed by atoms with Crippen LogP contribution in [-0.2, 0) is 4.74 Å². The third-order valence-corrected chi connectivity index (χ3v) is 1.99. The summed E-state index contributed by atoms with van der Waals surface area (Å²) < 4.78 is 52.6. The third-order valence-electron chi connectivity index (χ3n) is 1.76. The van der Waals surface area contributed by atoms with E-state index < -0.39 is 18.6 Å². The van der Waals surface area contributed by atoms with E-state index in [0.717, 1.165) is 0 Å². The summed E-state index contributed by atoms with van der Waals surface area (Å²) in [4.78, 5) is 0. The molecule has 7 heteroatoms. The lowest BCUT2D eigenvalue weighted by atomic mass is 10.3. The Hall–Kier alpha value is -1.01. The van der Waals surface area contributed by atoms with Crippen molar-refractivity contribution in [1.82, 2.24) is 0 Å². The fourth-order valence-electron chi connectivity index (χ4n) is 1.08. The first kappa shape index (κ1) is 14.1. The highest BCUT2D eigenvalue weighted by atomic mass is 35.5. The Morgan fingerprint density at radius 2 is 2.00 bits per heavy atom. The van der Waals surface area contributed by atoms with Crippen molar-refractivity contribution in [3.63, 3.8) is 0 Å². The zero-order valence-corrected chi connectivity index (χ0v) is 9.41. The molecule has 0 radical (unpaired) electrons. The first-order valence-electron chi connectivity index (χ1n) is 4.72. The standard InChI is InChI=1S/C10H10ClF4NO/c11-7-1-2-8(12)9(5-7)16-3-4-17-6-10(13,14)15/h1-2,5,16H,3-4,6H2. The molecule has 0 aliphatic carbocycles. The molecule has 0 aliphatic heterocycles. The van der Waals surface area contributed by atoms with Crippen molar-refractivity contribution in [1.29, 1.82) is 0 Å².